The standard InChI is InChI=1S/C15H22BrN/c1-4-9-17-15(10-12(3)5-2)13-7-6-8-14(16)11-13/h6-8,11,15,17H,3-5,9-10H2,1-2H3. The number of nitrogens with one attached hydrogen (secondary N) is 1. The molecule has 0 aliphatic heterocycles. The van der Waals surface area contributed by atoms with E-state index >= 15 is 0 Å². The fourth-order valence-corrected chi connectivity index (χ4v) is 2.20. The van der Waals surface area contributed by atoms with Crippen molar-refractivity contribution >= 4 is 15.9 Å². The van der Waals surface area contributed by atoms with Gasteiger partial charge in [0.25, 0.3) is 0 Å². The van der Waals surface area contributed by atoms with E-state index in [2.05, 4.69) is 65.9 Å². The number of benzene rings is 1. The lowest BCUT2D eigenvalue weighted by molar-refractivity contribution is 0.523. The molecule has 0 aromatic heterocycles. The Morgan fingerprint density at radius 3 is 2.76 bits per heavy atom. The molecular weight excluding hydrogens is 274 g/mol. The maximum Gasteiger partial charge on any atom is 0.0357 e. The zero-order valence-electron chi connectivity index (χ0n) is 10.8. The first-order chi connectivity index (χ1) is 8.17. The highest BCUT2D eigenvalue weighted by Gasteiger charge is 2.11. The monoisotopic (exact) mass is 295 g/mol. The topological polar surface area (TPSA) is 12.0 Å². The van der Waals surface area contributed by atoms with E-state index in [0.29, 0.717) is 6.04 Å². The minimum Gasteiger partial charge on any atom is -0.310 e. The average molecular weight is 296 g/mol. The number of rotatable bonds is 7. The van der Waals surface area contributed by atoms with Gasteiger partial charge in [-0.15, -0.1) is 0 Å². The van der Waals surface area contributed by atoms with E-state index < -0.39 is 0 Å². The summed E-state index contributed by atoms with van der Waals surface area (Å²) in [5.41, 5.74) is 2.64. The largest absolute Gasteiger partial charge is 0.310 e. The molecule has 1 unspecified atom stereocenters. The van der Waals surface area contributed by atoms with E-state index in [1.165, 1.54) is 11.1 Å². The third-order valence-electron chi connectivity index (χ3n) is 2.88. The third-order valence-corrected chi connectivity index (χ3v) is 3.38. The van der Waals surface area contributed by atoms with Crippen molar-refractivity contribution in [3.05, 3.63) is 46.5 Å². The molecule has 1 atom stereocenters. The maximum atomic E-state index is 4.12. The molecule has 0 aliphatic rings. The van der Waals surface area contributed by atoms with E-state index in [0.717, 1.165) is 30.3 Å². The van der Waals surface area contributed by atoms with E-state index in [1.807, 2.05) is 0 Å². The first kappa shape index (κ1) is 14.5. The van der Waals surface area contributed by atoms with Crippen molar-refractivity contribution in [2.45, 2.75) is 39.2 Å². The molecule has 1 rings (SSSR count). The first-order valence-electron chi connectivity index (χ1n) is 6.32. The van der Waals surface area contributed by atoms with Gasteiger partial charge in [0.1, 0.15) is 0 Å². The number of hydrogen-bond donors (Lipinski definition) is 1. The third kappa shape index (κ3) is 5.05. The van der Waals surface area contributed by atoms with Crippen LogP contribution in [0.5, 0.6) is 0 Å². The van der Waals surface area contributed by atoms with Crippen molar-refractivity contribution in [2.75, 3.05) is 6.54 Å². The highest BCUT2D eigenvalue weighted by Crippen LogP contribution is 2.24. The van der Waals surface area contributed by atoms with E-state index in [4.69, 9.17) is 0 Å². The van der Waals surface area contributed by atoms with Crippen LogP contribution in [0.4, 0.5) is 0 Å². The van der Waals surface area contributed by atoms with Crippen LogP contribution in [0.15, 0.2) is 40.9 Å². The molecule has 0 saturated carbocycles. The van der Waals surface area contributed by atoms with E-state index in [1.54, 1.807) is 0 Å². The smallest absolute Gasteiger partial charge is 0.0357 e. The number of hydrogen-bond acceptors (Lipinski definition) is 1. The Kier molecular flexibility index (Phi) is 6.53. The van der Waals surface area contributed by atoms with E-state index in [9.17, 15) is 0 Å². The Labute approximate surface area is 113 Å². The molecule has 0 heterocycles. The van der Waals surface area contributed by atoms with Crippen LogP contribution in [0.3, 0.4) is 0 Å². The Morgan fingerprint density at radius 1 is 1.41 bits per heavy atom. The van der Waals surface area contributed by atoms with Gasteiger partial charge in [0, 0.05) is 10.5 Å². The van der Waals surface area contributed by atoms with Gasteiger partial charge >= 0.3 is 0 Å². The van der Waals surface area contributed by atoms with Crippen LogP contribution in [-0.2, 0) is 0 Å². The molecule has 17 heavy (non-hydrogen) atoms. The Hall–Kier alpha value is -0.600. The first-order valence-corrected chi connectivity index (χ1v) is 7.12. The summed E-state index contributed by atoms with van der Waals surface area (Å²) in [6, 6.07) is 8.92. The van der Waals surface area contributed by atoms with Crippen LogP contribution >= 0.6 is 15.9 Å². The number of halogens is 1. The summed E-state index contributed by atoms with van der Waals surface area (Å²) in [4.78, 5) is 0. The average Bonchev–Trinajstić information content (AvgIpc) is 2.34. The second-order valence-corrected chi connectivity index (χ2v) is 5.29. The molecule has 0 saturated heterocycles. The van der Waals surface area contributed by atoms with Gasteiger partial charge < -0.3 is 5.32 Å². The van der Waals surface area contributed by atoms with Crippen LogP contribution < -0.4 is 5.32 Å². The molecule has 1 nitrogen and oxygen atoms in total. The van der Waals surface area contributed by atoms with Crippen LogP contribution in [0.1, 0.15) is 44.7 Å². The van der Waals surface area contributed by atoms with Crippen molar-refractivity contribution in [3.8, 4) is 0 Å². The molecule has 1 aromatic rings. The molecule has 1 aromatic carbocycles. The SMILES string of the molecule is C=C(CC)CC(NCCC)c1cccc(Br)c1. The maximum absolute atomic E-state index is 4.12. The summed E-state index contributed by atoms with van der Waals surface area (Å²) in [5.74, 6) is 0. The lowest BCUT2D eigenvalue weighted by Gasteiger charge is -2.20. The quantitative estimate of drug-likeness (QED) is 0.709. The summed E-state index contributed by atoms with van der Waals surface area (Å²) in [7, 11) is 0. The molecule has 0 bridgehead atoms. The lowest BCUT2D eigenvalue weighted by Crippen LogP contribution is -2.22. The highest BCUT2D eigenvalue weighted by atomic mass is 79.9. The normalized spacial score (nSPS) is 12.4. The molecule has 0 radical (unpaired) electrons. The fourth-order valence-electron chi connectivity index (χ4n) is 1.78. The van der Waals surface area contributed by atoms with Crippen LogP contribution in [0.25, 0.3) is 0 Å². The van der Waals surface area contributed by atoms with Crippen LogP contribution in [0, 0.1) is 0 Å². The van der Waals surface area contributed by atoms with Crippen LogP contribution in [-0.4, -0.2) is 6.54 Å². The van der Waals surface area contributed by atoms with Gasteiger partial charge in [-0.1, -0.05) is 54.1 Å². The predicted molar refractivity (Wildman–Crippen MR) is 79.2 cm³/mol. The summed E-state index contributed by atoms with van der Waals surface area (Å²) < 4.78 is 1.14. The van der Waals surface area contributed by atoms with Gasteiger partial charge in [-0.3, -0.25) is 0 Å². The zero-order valence-corrected chi connectivity index (χ0v) is 12.4. The van der Waals surface area contributed by atoms with Gasteiger partial charge in [0.2, 0.25) is 0 Å². The highest BCUT2D eigenvalue weighted by molar-refractivity contribution is 9.10. The molecule has 0 fully saturated rings. The summed E-state index contributed by atoms with van der Waals surface area (Å²) in [5, 5.41) is 3.60. The predicted octanol–water partition coefficient (Wildman–Crippen LogP) is 4.85. The second kappa shape index (κ2) is 7.67. The molecule has 0 spiro atoms. The molecule has 2 heteroatoms. The summed E-state index contributed by atoms with van der Waals surface area (Å²) in [6.07, 6.45) is 3.23. The van der Waals surface area contributed by atoms with Crippen molar-refractivity contribution in [2.24, 2.45) is 0 Å². The van der Waals surface area contributed by atoms with E-state index in [-0.39, 0.29) is 0 Å². The molecule has 0 aliphatic carbocycles. The van der Waals surface area contributed by atoms with Crippen molar-refractivity contribution < 1.29 is 0 Å². The Balaban J connectivity index is 2.77. The zero-order chi connectivity index (χ0) is 12.7. The van der Waals surface area contributed by atoms with Crippen molar-refractivity contribution in [1.29, 1.82) is 0 Å². The van der Waals surface area contributed by atoms with Gasteiger partial charge in [0.15, 0.2) is 0 Å². The van der Waals surface area contributed by atoms with Crippen molar-refractivity contribution in [3.63, 3.8) is 0 Å². The Morgan fingerprint density at radius 2 is 2.18 bits per heavy atom. The minimum atomic E-state index is 0.389. The van der Waals surface area contributed by atoms with Gasteiger partial charge in [-0.25, -0.2) is 0 Å². The molecule has 94 valence electrons. The van der Waals surface area contributed by atoms with Gasteiger partial charge in [-0.2, -0.15) is 0 Å². The minimum absolute atomic E-state index is 0.389. The Bertz CT molecular complexity index is 360. The summed E-state index contributed by atoms with van der Waals surface area (Å²) >= 11 is 3.53. The lowest BCUT2D eigenvalue weighted by atomic mass is 9.98. The van der Waals surface area contributed by atoms with Crippen molar-refractivity contribution in [1.82, 2.24) is 5.32 Å². The fraction of sp³-hybridized carbons (Fsp3) is 0.467. The molecule has 1 N–H and O–H groups in total. The second-order valence-electron chi connectivity index (χ2n) is 4.37. The summed E-state index contributed by atoms with van der Waals surface area (Å²) in [6.45, 7) is 9.53. The molecular formula is C15H22BrN. The van der Waals surface area contributed by atoms with Crippen LogP contribution in [0.2, 0.25) is 0 Å². The van der Waals surface area contributed by atoms with Gasteiger partial charge in [0.05, 0.1) is 0 Å². The molecule has 0 amide bonds. The van der Waals surface area contributed by atoms with Gasteiger partial charge in [-0.05, 0) is 43.5 Å².